The van der Waals surface area contributed by atoms with Crippen LogP contribution in [-0.4, -0.2) is 22.4 Å². The number of aryl methyl sites for hydroxylation is 2. The van der Waals surface area contributed by atoms with Gasteiger partial charge in [-0.15, -0.1) is 0 Å². The molecule has 1 fully saturated rings. The minimum Gasteiger partial charge on any atom is -0.311 e. The van der Waals surface area contributed by atoms with Gasteiger partial charge in [-0.1, -0.05) is 44.8 Å². The second-order valence-corrected chi connectivity index (χ2v) is 6.80. The molecule has 0 spiro atoms. The van der Waals surface area contributed by atoms with Crippen molar-refractivity contribution < 1.29 is 0 Å². The van der Waals surface area contributed by atoms with E-state index >= 15 is 0 Å². The summed E-state index contributed by atoms with van der Waals surface area (Å²) < 4.78 is 2.00. The Labute approximate surface area is 129 Å². The molecule has 1 aliphatic carbocycles. The number of rotatable bonds is 5. The SMILES string of the molecule is Cc1nn(C)c(C)c1C=C(CNC(C)C)C1CCCCC1. The number of hydrogen-bond acceptors (Lipinski definition) is 2. The molecule has 0 bridgehead atoms. The topological polar surface area (TPSA) is 29.9 Å². The molecule has 1 saturated carbocycles. The molecule has 1 N–H and O–H groups in total. The number of nitrogens with zero attached hydrogens (tertiary/aromatic N) is 2. The van der Waals surface area contributed by atoms with Gasteiger partial charge in [-0.3, -0.25) is 4.68 Å². The Morgan fingerprint density at radius 2 is 1.95 bits per heavy atom. The van der Waals surface area contributed by atoms with E-state index in [2.05, 4.69) is 44.2 Å². The zero-order chi connectivity index (χ0) is 15.4. The molecule has 0 aliphatic heterocycles. The van der Waals surface area contributed by atoms with Crippen molar-refractivity contribution in [1.82, 2.24) is 15.1 Å². The third-order valence-electron chi connectivity index (χ3n) is 4.74. The zero-order valence-electron chi connectivity index (χ0n) is 14.4. The van der Waals surface area contributed by atoms with E-state index in [1.165, 1.54) is 43.4 Å². The summed E-state index contributed by atoms with van der Waals surface area (Å²) in [5.41, 5.74) is 5.31. The standard InChI is InChI=1S/C18H31N3/c1-13(2)19-12-17(16-9-7-6-8-10-16)11-18-14(3)20-21(5)15(18)4/h11,13,16,19H,6-10,12H2,1-5H3. The van der Waals surface area contributed by atoms with Crippen molar-refractivity contribution in [2.75, 3.05) is 6.54 Å². The molecule has 118 valence electrons. The maximum Gasteiger partial charge on any atom is 0.0668 e. The zero-order valence-corrected chi connectivity index (χ0v) is 14.4. The summed E-state index contributed by atoms with van der Waals surface area (Å²) in [6, 6.07) is 0.535. The first kappa shape index (κ1) is 16.3. The lowest BCUT2D eigenvalue weighted by atomic mass is 9.82. The van der Waals surface area contributed by atoms with Crippen LogP contribution in [0.25, 0.3) is 6.08 Å². The van der Waals surface area contributed by atoms with E-state index in [-0.39, 0.29) is 0 Å². The predicted octanol–water partition coefficient (Wildman–Crippen LogP) is 4.00. The molecule has 0 saturated heterocycles. The van der Waals surface area contributed by atoms with Crippen molar-refractivity contribution in [2.24, 2.45) is 13.0 Å². The maximum atomic E-state index is 4.56. The summed E-state index contributed by atoms with van der Waals surface area (Å²) in [5.74, 6) is 0.754. The molecule has 1 aliphatic rings. The molecule has 1 heterocycles. The average Bonchev–Trinajstić information content (AvgIpc) is 2.70. The molecule has 0 atom stereocenters. The molecule has 1 aromatic rings. The van der Waals surface area contributed by atoms with Gasteiger partial charge in [-0.2, -0.15) is 5.10 Å². The lowest BCUT2D eigenvalue weighted by Crippen LogP contribution is -2.28. The van der Waals surface area contributed by atoms with Crippen LogP contribution < -0.4 is 5.32 Å². The van der Waals surface area contributed by atoms with Gasteiger partial charge in [0.2, 0.25) is 0 Å². The average molecular weight is 289 g/mol. The van der Waals surface area contributed by atoms with Crippen molar-refractivity contribution >= 4 is 6.08 Å². The van der Waals surface area contributed by atoms with Gasteiger partial charge in [0.05, 0.1) is 5.69 Å². The van der Waals surface area contributed by atoms with Crippen LogP contribution in [0, 0.1) is 19.8 Å². The Bertz CT molecular complexity index is 491. The fourth-order valence-corrected chi connectivity index (χ4v) is 3.29. The molecular weight excluding hydrogens is 258 g/mol. The summed E-state index contributed by atoms with van der Waals surface area (Å²) >= 11 is 0. The van der Waals surface area contributed by atoms with Gasteiger partial charge >= 0.3 is 0 Å². The summed E-state index contributed by atoms with van der Waals surface area (Å²) in [6.45, 7) is 9.74. The van der Waals surface area contributed by atoms with Crippen LogP contribution >= 0.6 is 0 Å². The van der Waals surface area contributed by atoms with Gasteiger partial charge in [-0.25, -0.2) is 0 Å². The highest BCUT2D eigenvalue weighted by atomic mass is 15.3. The molecule has 0 radical (unpaired) electrons. The molecule has 0 amide bonds. The summed E-state index contributed by atoms with van der Waals surface area (Å²) in [4.78, 5) is 0. The number of aromatic nitrogens is 2. The van der Waals surface area contributed by atoms with Crippen LogP contribution in [0.1, 0.15) is 62.9 Å². The Hall–Kier alpha value is -1.09. The van der Waals surface area contributed by atoms with Crippen molar-refractivity contribution in [1.29, 1.82) is 0 Å². The first-order valence-electron chi connectivity index (χ1n) is 8.43. The third-order valence-corrected chi connectivity index (χ3v) is 4.74. The minimum atomic E-state index is 0.535. The van der Waals surface area contributed by atoms with Crippen LogP contribution in [0.4, 0.5) is 0 Å². The highest BCUT2D eigenvalue weighted by molar-refractivity contribution is 5.58. The Morgan fingerprint density at radius 1 is 1.29 bits per heavy atom. The largest absolute Gasteiger partial charge is 0.311 e. The van der Waals surface area contributed by atoms with Crippen LogP contribution in [0.2, 0.25) is 0 Å². The predicted molar refractivity (Wildman–Crippen MR) is 90.4 cm³/mol. The Kier molecular flexibility index (Phi) is 5.63. The maximum absolute atomic E-state index is 4.56. The van der Waals surface area contributed by atoms with E-state index in [9.17, 15) is 0 Å². The Morgan fingerprint density at radius 3 is 2.48 bits per heavy atom. The fourth-order valence-electron chi connectivity index (χ4n) is 3.29. The van der Waals surface area contributed by atoms with Crippen LogP contribution in [-0.2, 0) is 7.05 Å². The molecule has 0 aromatic carbocycles. The highest BCUT2D eigenvalue weighted by Crippen LogP contribution is 2.31. The van der Waals surface area contributed by atoms with Gasteiger partial charge in [0, 0.05) is 30.9 Å². The first-order chi connectivity index (χ1) is 9.99. The van der Waals surface area contributed by atoms with E-state index in [1.54, 1.807) is 5.57 Å². The first-order valence-corrected chi connectivity index (χ1v) is 8.43. The monoisotopic (exact) mass is 289 g/mol. The van der Waals surface area contributed by atoms with Gasteiger partial charge in [0.15, 0.2) is 0 Å². The van der Waals surface area contributed by atoms with Gasteiger partial charge in [-0.05, 0) is 32.6 Å². The van der Waals surface area contributed by atoms with Crippen molar-refractivity contribution in [3.63, 3.8) is 0 Å². The third kappa shape index (κ3) is 4.19. The van der Waals surface area contributed by atoms with E-state index < -0.39 is 0 Å². The molecule has 3 nitrogen and oxygen atoms in total. The molecule has 21 heavy (non-hydrogen) atoms. The normalized spacial score (nSPS) is 17.7. The van der Waals surface area contributed by atoms with Crippen LogP contribution in [0.3, 0.4) is 0 Å². The molecule has 3 heteroatoms. The summed E-state index contributed by atoms with van der Waals surface area (Å²) in [6.07, 6.45) is 9.30. The molecule has 0 unspecified atom stereocenters. The quantitative estimate of drug-likeness (QED) is 0.888. The molecule has 1 aromatic heterocycles. The van der Waals surface area contributed by atoms with Crippen LogP contribution in [0.5, 0.6) is 0 Å². The number of nitrogens with one attached hydrogen (secondary N) is 1. The van der Waals surface area contributed by atoms with E-state index in [1.807, 2.05) is 11.7 Å². The smallest absolute Gasteiger partial charge is 0.0668 e. The fraction of sp³-hybridized carbons (Fsp3) is 0.722. The molecule has 2 rings (SSSR count). The van der Waals surface area contributed by atoms with E-state index in [4.69, 9.17) is 0 Å². The van der Waals surface area contributed by atoms with Gasteiger partial charge < -0.3 is 5.32 Å². The summed E-state index contributed by atoms with van der Waals surface area (Å²) in [5, 5.41) is 8.17. The molecular formula is C18H31N3. The highest BCUT2D eigenvalue weighted by Gasteiger charge is 2.19. The van der Waals surface area contributed by atoms with Gasteiger partial charge in [0.1, 0.15) is 0 Å². The van der Waals surface area contributed by atoms with Crippen molar-refractivity contribution in [2.45, 2.75) is 65.8 Å². The van der Waals surface area contributed by atoms with Crippen LogP contribution in [0.15, 0.2) is 5.57 Å². The second-order valence-electron chi connectivity index (χ2n) is 6.80. The van der Waals surface area contributed by atoms with Crippen molar-refractivity contribution in [3.05, 3.63) is 22.5 Å². The lowest BCUT2D eigenvalue weighted by molar-refractivity contribution is 0.394. The minimum absolute atomic E-state index is 0.535. The summed E-state index contributed by atoms with van der Waals surface area (Å²) in [7, 11) is 2.03. The van der Waals surface area contributed by atoms with Crippen molar-refractivity contribution in [3.8, 4) is 0 Å². The second kappa shape index (κ2) is 7.26. The number of hydrogen-bond donors (Lipinski definition) is 1. The Balaban J connectivity index is 2.26. The van der Waals surface area contributed by atoms with Gasteiger partial charge in [0.25, 0.3) is 0 Å². The lowest BCUT2D eigenvalue weighted by Gasteiger charge is -2.26. The van der Waals surface area contributed by atoms with E-state index in [0.717, 1.165) is 18.2 Å². The van der Waals surface area contributed by atoms with E-state index in [0.29, 0.717) is 6.04 Å².